The Labute approximate surface area is 180 Å². The summed E-state index contributed by atoms with van der Waals surface area (Å²) in [7, 11) is 3.72. The Hall–Kier alpha value is -2.59. The van der Waals surface area contributed by atoms with Gasteiger partial charge in [0.15, 0.2) is 0 Å². The van der Waals surface area contributed by atoms with Crippen LogP contribution in [0.4, 0.5) is 5.69 Å². The molecule has 0 unspecified atom stereocenters. The smallest absolute Gasteiger partial charge is 0.118 e. The van der Waals surface area contributed by atoms with Gasteiger partial charge in [0.2, 0.25) is 0 Å². The van der Waals surface area contributed by atoms with Crippen molar-refractivity contribution in [3.05, 3.63) is 59.7 Å². The fourth-order valence-corrected chi connectivity index (χ4v) is 3.74. The third-order valence-electron chi connectivity index (χ3n) is 5.59. The SMILES string of the molecule is COc1ccc([C@@H](CNCc2ccc(N(C)CCC#N)cc2)N2CCOCC2)cc1. The Kier molecular flexibility index (Phi) is 8.52. The molecule has 2 aromatic rings. The van der Waals surface area contributed by atoms with Gasteiger partial charge in [-0.05, 0) is 35.4 Å². The highest BCUT2D eigenvalue weighted by atomic mass is 16.5. The van der Waals surface area contributed by atoms with Crippen molar-refractivity contribution in [1.82, 2.24) is 10.2 Å². The van der Waals surface area contributed by atoms with Crippen LogP contribution < -0.4 is 15.0 Å². The van der Waals surface area contributed by atoms with E-state index in [9.17, 15) is 0 Å². The summed E-state index contributed by atoms with van der Waals surface area (Å²) >= 11 is 0. The van der Waals surface area contributed by atoms with Gasteiger partial charge in [0.25, 0.3) is 0 Å². The van der Waals surface area contributed by atoms with Crippen LogP contribution in [-0.4, -0.2) is 58.5 Å². The first-order valence-electron chi connectivity index (χ1n) is 10.5. The zero-order valence-corrected chi connectivity index (χ0v) is 18.0. The van der Waals surface area contributed by atoms with Gasteiger partial charge in [-0.2, -0.15) is 5.26 Å². The second kappa shape index (κ2) is 11.6. The van der Waals surface area contributed by atoms with Crippen LogP contribution in [-0.2, 0) is 11.3 Å². The molecule has 0 radical (unpaired) electrons. The van der Waals surface area contributed by atoms with Crippen LogP contribution in [0.15, 0.2) is 48.5 Å². The molecule has 0 bridgehead atoms. The van der Waals surface area contributed by atoms with Crippen LogP contribution in [0.25, 0.3) is 0 Å². The zero-order valence-electron chi connectivity index (χ0n) is 18.0. The standard InChI is InChI=1S/C24H32N4O2/c1-27(13-3-12-25)22-8-4-20(5-9-22)18-26-19-24(28-14-16-30-17-15-28)21-6-10-23(29-2)11-7-21/h4-11,24,26H,3,13-19H2,1-2H3/t24-/m1/s1. The summed E-state index contributed by atoms with van der Waals surface area (Å²) in [6.07, 6.45) is 0.536. The van der Waals surface area contributed by atoms with E-state index < -0.39 is 0 Å². The zero-order chi connectivity index (χ0) is 21.2. The van der Waals surface area contributed by atoms with E-state index >= 15 is 0 Å². The van der Waals surface area contributed by atoms with Crippen LogP contribution in [0.2, 0.25) is 0 Å². The van der Waals surface area contributed by atoms with Gasteiger partial charge >= 0.3 is 0 Å². The third kappa shape index (κ3) is 6.20. The van der Waals surface area contributed by atoms with Gasteiger partial charge in [0.1, 0.15) is 5.75 Å². The number of methoxy groups -OCH3 is 1. The molecule has 1 fully saturated rings. The highest BCUT2D eigenvalue weighted by Gasteiger charge is 2.22. The van der Waals surface area contributed by atoms with Crippen molar-refractivity contribution in [1.29, 1.82) is 5.26 Å². The molecule has 1 atom stereocenters. The summed E-state index contributed by atoms with van der Waals surface area (Å²) in [6, 6.07) is 19.4. The first-order chi connectivity index (χ1) is 14.7. The van der Waals surface area contributed by atoms with Gasteiger partial charge in [-0.1, -0.05) is 24.3 Å². The lowest BCUT2D eigenvalue weighted by atomic mass is 10.0. The number of hydrogen-bond donors (Lipinski definition) is 1. The molecule has 3 rings (SSSR count). The molecular formula is C24H32N4O2. The third-order valence-corrected chi connectivity index (χ3v) is 5.59. The quantitative estimate of drug-likeness (QED) is 0.651. The van der Waals surface area contributed by atoms with Crippen LogP contribution in [0, 0.1) is 11.3 Å². The van der Waals surface area contributed by atoms with Crippen molar-refractivity contribution in [3.63, 3.8) is 0 Å². The summed E-state index contributed by atoms with van der Waals surface area (Å²) in [5.41, 5.74) is 3.68. The number of rotatable bonds is 10. The topological polar surface area (TPSA) is 60.8 Å². The van der Waals surface area contributed by atoms with Crippen LogP contribution in [0.1, 0.15) is 23.6 Å². The second-order valence-electron chi connectivity index (χ2n) is 7.56. The van der Waals surface area contributed by atoms with E-state index in [1.807, 2.05) is 19.2 Å². The monoisotopic (exact) mass is 408 g/mol. The molecule has 0 saturated carbocycles. The molecule has 0 aromatic heterocycles. The second-order valence-corrected chi connectivity index (χ2v) is 7.56. The van der Waals surface area contributed by atoms with Gasteiger partial charge in [0, 0.05) is 51.5 Å². The summed E-state index contributed by atoms with van der Waals surface area (Å²) < 4.78 is 10.9. The molecule has 1 aliphatic rings. The average molecular weight is 409 g/mol. The molecule has 2 aromatic carbocycles. The van der Waals surface area contributed by atoms with Gasteiger partial charge in [-0.3, -0.25) is 4.90 Å². The van der Waals surface area contributed by atoms with Crippen LogP contribution in [0.5, 0.6) is 5.75 Å². The van der Waals surface area contributed by atoms with Crippen molar-refractivity contribution in [2.75, 3.05) is 58.5 Å². The predicted octanol–water partition coefficient (Wildman–Crippen LogP) is 3.21. The van der Waals surface area contributed by atoms with E-state index in [-0.39, 0.29) is 0 Å². The molecule has 160 valence electrons. The minimum atomic E-state index is 0.302. The Bertz CT molecular complexity index is 795. The molecule has 1 saturated heterocycles. The predicted molar refractivity (Wildman–Crippen MR) is 120 cm³/mol. The molecule has 30 heavy (non-hydrogen) atoms. The van der Waals surface area contributed by atoms with Crippen molar-refractivity contribution in [2.45, 2.75) is 19.0 Å². The lowest BCUT2D eigenvalue weighted by Crippen LogP contribution is -2.42. The normalized spacial score (nSPS) is 15.4. The minimum Gasteiger partial charge on any atom is -0.497 e. The number of nitrogens with zero attached hydrogens (tertiary/aromatic N) is 3. The fraction of sp³-hybridized carbons (Fsp3) is 0.458. The van der Waals surface area contributed by atoms with Crippen molar-refractivity contribution in [3.8, 4) is 11.8 Å². The molecule has 1 heterocycles. The molecule has 0 amide bonds. The maximum atomic E-state index is 8.75. The number of anilines is 1. The van der Waals surface area contributed by atoms with E-state index in [4.69, 9.17) is 14.7 Å². The van der Waals surface area contributed by atoms with Gasteiger partial charge in [-0.15, -0.1) is 0 Å². The minimum absolute atomic E-state index is 0.302. The number of nitriles is 1. The van der Waals surface area contributed by atoms with Gasteiger partial charge in [-0.25, -0.2) is 0 Å². The number of ether oxygens (including phenoxy) is 2. The molecule has 0 aliphatic carbocycles. The molecule has 0 spiro atoms. The number of hydrogen-bond acceptors (Lipinski definition) is 6. The molecule has 1 aliphatic heterocycles. The Morgan fingerprint density at radius 2 is 1.83 bits per heavy atom. The number of benzene rings is 2. The molecule has 6 nitrogen and oxygen atoms in total. The highest BCUT2D eigenvalue weighted by Crippen LogP contribution is 2.24. The number of nitrogens with one attached hydrogen (secondary N) is 1. The number of morpholine rings is 1. The maximum Gasteiger partial charge on any atom is 0.118 e. The molecule has 6 heteroatoms. The summed E-state index contributed by atoms with van der Waals surface area (Å²) in [6.45, 7) is 5.90. The van der Waals surface area contributed by atoms with Crippen molar-refractivity contribution < 1.29 is 9.47 Å². The summed E-state index contributed by atoms with van der Waals surface area (Å²) in [4.78, 5) is 4.60. The lowest BCUT2D eigenvalue weighted by Gasteiger charge is -2.35. The fourth-order valence-electron chi connectivity index (χ4n) is 3.74. The highest BCUT2D eigenvalue weighted by molar-refractivity contribution is 5.46. The Morgan fingerprint density at radius 3 is 2.47 bits per heavy atom. The van der Waals surface area contributed by atoms with Crippen LogP contribution >= 0.6 is 0 Å². The van der Waals surface area contributed by atoms with E-state index in [0.717, 1.165) is 57.4 Å². The Balaban J connectivity index is 1.59. The largest absolute Gasteiger partial charge is 0.497 e. The first kappa shape index (κ1) is 22.1. The molecule has 1 N–H and O–H groups in total. The summed E-state index contributed by atoms with van der Waals surface area (Å²) in [5.74, 6) is 0.882. The maximum absolute atomic E-state index is 8.75. The molecular weight excluding hydrogens is 376 g/mol. The van der Waals surface area contributed by atoms with E-state index in [0.29, 0.717) is 12.5 Å². The first-order valence-corrected chi connectivity index (χ1v) is 10.5. The van der Waals surface area contributed by atoms with Crippen molar-refractivity contribution in [2.24, 2.45) is 0 Å². The van der Waals surface area contributed by atoms with E-state index in [2.05, 4.69) is 57.6 Å². The average Bonchev–Trinajstić information content (AvgIpc) is 2.81. The van der Waals surface area contributed by atoms with Gasteiger partial charge in [0.05, 0.1) is 32.8 Å². The lowest BCUT2D eigenvalue weighted by molar-refractivity contribution is 0.0161. The van der Waals surface area contributed by atoms with E-state index in [1.165, 1.54) is 11.1 Å². The van der Waals surface area contributed by atoms with Crippen LogP contribution in [0.3, 0.4) is 0 Å². The van der Waals surface area contributed by atoms with E-state index in [1.54, 1.807) is 7.11 Å². The Morgan fingerprint density at radius 1 is 1.13 bits per heavy atom. The van der Waals surface area contributed by atoms with Gasteiger partial charge < -0.3 is 19.7 Å². The van der Waals surface area contributed by atoms with Crippen molar-refractivity contribution >= 4 is 5.69 Å². The summed E-state index contributed by atoms with van der Waals surface area (Å²) in [5, 5.41) is 12.4.